The second-order valence-electron chi connectivity index (χ2n) is 6.93. The second-order valence-corrected chi connectivity index (χ2v) is 6.93. The van der Waals surface area contributed by atoms with Crippen LogP contribution in [-0.4, -0.2) is 39.8 Å². The van der Waals surface area contributed by atoms with Crippen molar-refractivity contribution in [3.8, 4) is 0 Å². The zero-order valence-corrected chi connectivity index (χ0v) is 13.9. The number of carbonyl (C=O) groups is 1. The van der Waals surface area contributed by atoms with E-state index in [1.807, 2.05) is 33.0 Å². The minimum atomic E-state index is -0.450. The molecule has 1 fully saturated rings. The van der Waals surface area contributed by atoms with Crippen LogP contribution in [0.2, 0.25) is 0 Å². The molecule has 0 unspecified atom stereocenters. The largest absolute Gasteiger partial charge is 0.444 e. The molecule has 1 N–H and O–H groups in total. The number of piperidine rings is 1. The van der Waals surface area contributed by atoms with Gasteiger partial charge >= 0.3 is 6.09 Å². The molecule has 1 aliphatic rings. The number of aryl methyl sites for hydroxylation is 1. The number of nitrogens with zero attached hydrogens (tertiary/aromatic N) is 2. The lowest BCUT2D eigenvalue weighted by Crippen LogP contribution is -2.41. The fourth-order valence-electron chi connectivity index (χ4n) is 2.84. The Morgan fingerprint density at radius 1 is 1.41 bits per heavy atom. The van der Waals surface area contributed by atoms with Gasteiger partial charge in [-0.15, -0.1) is 0 Å². The number of rotatable bonds is 2. The highest BCUT2D eigenvalue weighted by Gasteiger charge is 2.28. The van der Waals surface area contributed by atoms with E-state index in [2.05, 4.69) is 11.9 Å². The van der Waals surface area contributed by atoms with Gasteiger partial charge in [-0.05, 0) is 63.6 Å². The van der Waals surface area contributed by atoms with Crippen molar-refractivity contribution in [2.24, 2.45) is 0 Å². The molecule has 5 heteroatoms. The van der Waals surface area contributed by atoms with Gasteiger partial charge < -0.3 is 14.7 Å². The van der Waals surface area contributed by atoms with Crippen LogP contribution in [0.1, 0.15) is 56.4 Å². The molecule has 5 nitrogen and oxygen atoms in total. The third-order valence-corrected chi connectivity index (χ3v) is 3.96. The third-order valence-electron chi connectivity index (χ3n) is 3.96. The fourth-order valence-corrected chi connectivity index (χ4v) is 2.84. The molecule has 0 aliphatic carbocycles. The average molecular weight is 306 g/mol. The van der Waals surface area contributed by atoms with Gasteiger partial charge in [-0.25, -0.2) is 4.79 Å². The van der Waals surface area contributed by atoms with Crippen LogP contribution in [0.5, 0.6) is 0 Å². The van der Waals surface area contributed by atoms with Crippen LogP contribution >= 0.6 is 0 Å². The first-order valence-corrected chi connectivity index (χ1v) is 7.84. The number of aliphatic hydroxyl groups is 1. The Bertz CT molecular complexity index is 529. The number of pyridine rings is 1. The van der Waals surface area contributed by atoms with Gasteiger partial charge in [0.2, 0.25) is 0 Å². The highest BCUT2D eigenvalue weighted by atomic mass is 16.6. The number of carbonyl (C=O) groups excluding carboxylic acids is 1. The number of aromatic nitrogens is 1. The lowest BCUT2D eigenvalue weighted by atomic mass is 9.88. The molecule has 0 atom stereocenters. The highest BCUT2D eigenvalue weighted by molar-refractivity contribution is 5.68. The van der Waals surface area contributed by atoms with E-state index in [0.29, 0.717) is 24.7 Å². The third kappa shape index (κ3) is 4.19. The molecule has 1 aliphatic heterocycles. The monoisotopic (exact) mass is 306 g/mol. The Morgan fingerprint density at radius 2 is 2.05 bits per heavy atom. The standard InChI is InChI=1S/C17H26N2O3/c1-12-9-14(11-20)18-10-15(12)13-5-7-19(8-6-13)16(21)22-17(2,3)4/h9-10,13,20H,5-8,11H2,1-4H3. The molecule has 2 heterocycles. The molecule has 1 saturated heterocycles. The van der Waals surface area contributed by atoms with E-state index in [0.717, 1.165) is 18.4 Å². The van der Waals surface area contributed by atoms with Crippen molar-refractivity contribution in [1.82, 2.24) is 9.88 Å². The number of hydrogen-bond donors (Lipinski definition) is 1. The van der Waals surface area contributed by atoms with E-state index in [1.54, 1.807) is 4.90 Å². The van der Waals surface area contributed by atoms with E-state index < -0.39 is 5.60 Å². The first kappa shape index (κ1) is 16.7. The van der Waals surface area contributed by atoms with Crippen molar-refractivity contribution in [2.45, 2.75) is 58.7 Å². The SMILES string of the molecule is Cc1cc(CO)ncc1C1CCN(C(=O)OC(C)(C)C)CC1. The zero-order chi connectivity index (χ0) is 16.3. The summed E-state index contributed by atoms with van der Waals surface area (Å²) in [6, 6.07) is 1.94. The number of aliphatic hydroxyl groups excluding tert-OH is 1. The number of likely N-dealkylation sites (tertiary alicyclic amines) is 1. The maximum atomic E-state index is 12.1. The molecule has 2 rings (SSSR count). The van der Waals surface area contributed by atoms with Gasteiger partial charge in [0.25, 0.3) is 0 Å². The summed E-state index contributed by atoms with van der Waals surface area (Å²) < 4.78 is 5.42. The minimum absolute atomic E-state index is 0.0296. The molecule has 122 valence electrons. The van der Waals surface area contributed by atoms with Crippen LogP contribution in [0.4, 0.5) is 4.79 Å². The predicted octanol–water partition coefficient (Wildman–Crippen LogP) is 3.00. The van der Waals surface area contributed by atoms with E-state index >= 15 is 0 Å². The molecule has 0 radical (unpaired) electrons. The summed E-state index contributed by atoms with van der Waals surface area (Å²) in [4.78, 5) is 18.1. The summed E-state index contributed by atoms with van der Waals surface area (Å²) in [6.45, 7) is 9.09. The lowest BCUT2D eigenvalue weighted by molar-refractivity contribution is 0.0204. The topological polar surface area (TPSA) is 62.7 Å². The average Bonchev–Trinajstić information content (AvgIpc) is 2.45. The molecule has 22 heavy (non-hydrogen) atoms. The van der Waals surface area contributed by atoms with Crippen LogP contribution < -0.4 is 0 Å². The summed E-state index contributed by atoms with van der Waals surface area (Å²) >= 11 is 0. The van der Waals surface area contributed by atoms with Gasteiger partial charge in [0, 0.05) is 19.3 Å². The lowest BCUT2D eigenvalue weighted by Gasteiger charge is -2.34. The Kier molecular flexibility index (Phi) is 5.06. The minimum Gasteiger partial charge on any atom is -0.444 e. The van der Waals surface area contributed by atoms with Gasteiger partial charge in [0.1, 0.15) is 5.60 Å². The van der Waals surface area contributed by atoms with Gasteiger partial charge in [0.05, 0.1) is 12.3 Å². The molecule has 1 aromatic rings. The van der Waals surface area contributed by atoms with Crippen LogP contribution in [0.3, 0.4) is 0 Å². The quantitative estimate of drug-likeness (QED) is 0.912. The Hall–Kier alpha value is -1.62. The molecule has 0 aromatic carbocycles. The summed E-state index contributed by atoms with van der Waals surface area (Å²) in [6.07, 6.45) is 3.48. The van der Waals surface area contributed by atoms with E-state index in [-0.39, 0.29) is 12.7 Å². The predicted molar refractivity (Wildman–Crippen MR) is 84.7 cm³/mol. The first-order chi connectivity index (χ1) is 10.3. The van der Waals surface area contributed by atoms with Crippen molar-refractivity contribution >= 4 is 6.09 Å². The van der Waals surface area contributed by atoms with Crippen molar-refractivity contribution in [3.05, 3.63) is 29.1 Å². The van der Waals surface area contributed by atoms with Crippen LogP contribution in [-0.2, 0) is 11.3 Å². The number of amides is 1. The Balaban J connectivity index is 1.96. The summed E-state index contributed by atoms with van der Waals surface area (Å²) in [5.74, 6) is 0.416. The summed E-state index contributed by atoms with van der Waals surface area (Å²) in [5, 5.41) is 9.13. The second kappa shape index (κ2) is 6.65. The molecule has 0 bridgehead atoms. The molecule has 0 saturated carbocycles. The van der Waals surface area contributed by atoms with Crippen LogP contribution in [0.15, 0.2) is 12.3 Å². The fraction of sp³-hybridized carbons (Fsp3) is 0.647. The van der Waals surface area contributed by atoms with Gasteiger partial charge in [-0.1, -0.05) is 0 Å². The highest BCUT2D eigenvalue weighted by Crippen LogP contribution is 2.30. The van der Waals surface area contributed by atoms with Gasteiger partial charge in [0.15, 0.2) is 0 Å². The zero-order valence-electron chi connectivity index (χ0n) is 13.9. The van der Waals surface area contributed by atoms with Crippen molar-refractivity contribution in [1.29, 1.82) is 0 Å². The first-order valence-electron chi connectivity index (χ1n) is 7.84. The van der Waals surface area contributed by atoms with Crippen molar-refractivity contribution in [3.63, 3.8) is 0 Å². The van der Waals surface area contributed by atoms with Crippen molar-refractivity contribution < 1.29 is 14.6 Å². The molecular formula is C17H26N2O3. The van der Waals surface area contributed by atoms with E-state index in [9.17, 15) is 4.79 Å². The molecule has 1 aromatic heterocycles. The summed E-state index contributed by atoms with van der Waals surface area (Å²) in [7, 11) is 0. The maximum Gasteiger partial charge on any atom is 0.410 e. The van der Waals surface area contributed by atoms with Gasteiger partial charge in [-0.3, -0.25) is 4.98 Å². The molecular weight excluding hydrogens is 280 g/mol. The van der Waals surface area contributed by atoms with Crippen molar-refractivity contribution in [2.75, 3.05) is 13.1 Å². The molecule has 1 amide bonds. The number of ether oxygens (including phenoxy) is 1. The summed E-state index contributed by atoms with van der Waals surface area (Å²) in [5.41, 5.74) is 2.64. The number of hydrogen-bond acceptors (Lipinski definition) is 4. The molecule has 0 spiro atoms. The Morgan fingerprint density at radius 3 is 2.55 bits per heavy atom. The Labute approximate surface area is 132 Å². The van der Waals surface area contributed by atoms with Crippen LogP contribution in [0.25, 0.3) is 0 Å². The maximum absolute atomic E-state index is 12.1. The van der Waals surface area contributed by atoms with Crippen LogP contribution in [0, 0.1) is 6.92 Å². The van der Waals surface area contributed by atoms with E-state index in [1.165, 1.54) is 5.56 Å². The van der Waals surface area contributed by atoms with Gasteiger partial charge in [-0.2, -0.15) is 0 Å². The van der Waals surface area contributed by atoms with E-state index in [4.69, 9.17) is 9.84 Å². The normalized spacial score (nSPS) is 16.7. The smallest absolute Gasteiger partial charge is 0.410 e.